The molecule has 0 aliphatic carbocycles. The zero-order valence-corrected chi connectivity index (χ0v) is 14.5. The van der Waals surface area contributed by atoms with Gasteiger partial charge in [0, 0.05) is 24.7 Å². The van der Waals surface area contributed by atoms with Crippen molar-refractivity contribution in [2.75, 3.05) is 18.0 Å². The Kier molecular flexibility index (Phi) is 5.71. The summed E-state index contributed by atoms with van der Waals surface area (Å²) in [4.78, 5) is 62.7. The highest BCUT2D eigenvalue weighted by Gasteiger charge is 2.46. The van der Waals surface area contributed by atoms with E-state index in [4.69, 9.17) is 5.73 Å². The van der Waals surface area contributed by atoms with Crippen LogP contribution in [0.3, 0.4) is 0 Å². The Labute approximate surface area is 150 Å². The summed E-state index contributed by atoms with van der Waals surface area (Å²) in [6.07, 6.45) is -0.0838. The van der Waals surface area contributed by atoms with Crippen LogP contribution in [0.2, 0.25) is 0 Å². The van der Waals surface area contributed by atoms with Crippen molar-refractivity contribution in [1.82, 2.24) is 9.80 Å². The van der Waals surface area contributed by atoms with E-state index in [9.17, 15) is 24.0 Å². The van der Waals surface area contributed by atoms with E-state index >= 15 is 0 Å². The molecule has 1 aromatic carbocycles. The first kappa shape index (κ1) is 19.1. The fourth-order valence-electron chi connectivity index (χ4n) is 2.57. The molecule has 2 rings (SSSR count). The SMILES string of the molecule is CC(C)N1C(=O)C(=O)N(CC(=O)N(CCC(N)=O)c2ccccc2)C1=O. The van der Waals surface area contributed by atoms with Gasteiger partial charge in [-0.25, -0.2) is 9.69 Å². The maximum atomic E-state index is 12.7. The molecule has 9 nitrogen and oxygen atoms in total. The molecule has 138 valence electrons. The van der Waals surface area contributed by atoms with Crippen molar-refractivity contribution in [1.29, 1.82) is 0 Å². The first-order valence-corrected chi connectivity index (χ1v) is 8.06. The van der Waals surface area contributed by atoms with Gasteiger partial charge in [-0.05, 0) is 26.0 Å². The Balaban J connectivity index is 2.21. The molecule has 1 aromatic rings. The Morgan fingerprint density at radius 2 is 1.69 bits per heavy atom. The summed E-state index contributed by atoms with van der Waals surface area (Å²) in [5, 5.41) is 0. The van der Waals surface area contributed by atoms with Gasteiger partial charge in [0.15, 0.2) is 0 Å². The minimum absolute atomic E-state index is 0.00373. The van der Waals surface area contributed by atoms with Gasteiger partial charge < -0.3 is 10.6 Å². The highest BCUT2D eigenvalue weighted by Crippen LogP contribution is 2.18. The number of nitrogens with two attached hydrogens (primary N) is 1. The van der Waals surface area contributed by atoms with Crippen LogP contribution >= 0.6 is 0 Å². The van der Waals surface area contributed by atoms with Gasteiger partial charge in [-0.1, -0.05) is 18.2 Å². The summed E-state index contributed by atoms with van der Waals surface area (Å²) in [6.45, 7) is 2.59. The number of para-hydroxylation sites is 1. The molecule has 9 heteroatoms. The van der Waals surface area contributed by atoms with Crippen LogP contribution in [-0.4, -0.2) is 58.6 Å². The number of carbonyl (C=O) groups is 5. The minimum Gasteiger partial charge on any atom is -0.370 e. The molecule has 0 aromatic heterocycles. The van der Waals surface area contributed by atoms with E-state index in [-0.39, 0.29) is 13.0 Å². The molecule has 1 aliphatic rings. The first-order valence-electron chi connectivity index (χ1n) is 8.06. The number of carbonyl (C=O) groups excluding carboxylic acids is 5. The second-order valence-corrected chi connectivity index (χ2v) is 6.04. The Morgan fingerprint density at radius 3 is 2.19 bits per heavy atom. The summed E-state index contributed by atoms with van der Waals surface area (Å²) in [7, 11) is 0. The lowest BCUT2D eigenvalue weighted by atomic mass is 10.2. The number of rotatable bonds is 7. The molecule has 2 N–H and O–H groups in total. The third-order valence-electron chi connectivity index (χ3n) is 3.84. The van der Waals surface area contributed by atoms with Crippen LogP contribution in [0.25, 0.3) is 0 Å². The topological polar surface area (TPSA) is 121 Å². The largest absolute Gasteiger partial charge is 0.370 e. The zero-order valence-electron chi connectivity index (χ0n) is 14.5. The number of benzene rings is 1. The second kappa shape index (κ2) is 7.77. The third-order valence-corrected chi connectivity index (χ3v) is 3.84. The van der Waals surface area contributed by atoms with Crippen LogP contribution in [0.15, 0.2) is 30.3 Å². The monoisotopic (exact) mass is 360 g/mol. The van der Waals surface area contributed by atoms with Gasteiger partial charge in [-0.2, -0.15) is 0 Å². The van der Waals surface area contributed by atoms with Crippen molar-refractivity contribution in [3.63, 3.8) is 0 Å². The number of nitrogens with zero attached hydrogens (tertiary/aromatic N) is 3. The molecule has 0 saturated carbocycles. The number of primary amides is 1. The number of imide groups is 2. The molecular formula is C17H20N4O5. The molecule has 0 spiro atoms. The predicted molar refractivity (Wildman–Crippen MR) is 91.7 cm³/mol. The maximum absolute atomic E-state index is 12.7. The molecule has 26 heavy (non-hydrogen) atoms. The van der Waals surface area contributed by atoms with Gasteiger partial charge in [0.2, 0.25) is 11.8 Å². The summed E-state index contributed by atoms with van der Waals surface area (Å²) < 4.78 is 0. The van der Waals surface area contributed by atoms with E-state index in [0.29, 0.717) is 10.6 Å². The molecule has 1 saturated heterocycles. The first-order chi connectivity index (χ1) is 12.2. The maximum Gasteiger partial charge on any atom is 0.334 e. The standard InChI is InChI=1S/C17H20N4O5/c1-11(2)21-16(25)15(24)20(17(21)26)10-14(23)19(9-8-13(18)22)12-6-4-3-5-7-12/h3-7,11H,8-10H2,1-2H3,(H2,18,22). The van der Waals surface area contributed by atoms with Gasteiger partial charge in [0.1, 0.15) is 6.54 Å². The van der Waals surface area contributed by atoms with Crippen molar-refractivity contribution >= 4 is 35.3 Å². The predicted octanol–water partition coefficient (Wildman–Crippen LogP) is 0.0942. The van der Waals surface area contributed by atoms with Crippen molar-refractivity contribution in [3.05, 3.63) is 30.3 Å². The summed E-state index contributed by atoms with van der Waals surface area (Å²) in [5.41, 5.74) is 5.64. The van der Waals surface area contributed by atoms with Gasteiger partial charge in [-0.15, -0.1) is 0 Å². The smallest absolute Gasteiger partial charge is 0.334 e. The molecule has 0 radical (unpaired) electrons. The van der Waals surface area contributed by atoms with Crippen molar-refractivity contribution in [3.8, 4) is 0 Å². The van der Waals surface area contributed by atoms with Gasteiger partial charge >= 0.3 is 17.8 Å². The van der Waals surface area contributed by atoms with Crippen LogP contribution in [0, 0.1) is 0 Å². The summed E-state index contributed by atoms with van der Waals surface area (Å²) in [5.74, 6) is -3.19. The highest BCUT2D eigenvalue weighted by molar-refractivity contribution is 6.45. The van der Waals surface area contributed by atoms with E-state index < -0.39 is 42.2 Å². The molecular weight excluding hydrogens is 340 g/mol. The van der Waals surface area contributed by atoms with Gasteiger partial charge in [0.25, 0.3) is 0 Å². The van der Waals surface area contributed by atoms with E-state index in [1.807, 2.05) is 0 Å². The minimum atomic E-state index is -1.04. The van der Waals surface area contributed by atoms with Crippen LogP contribution in [-0.2, 0) is 19.2 Å². The van der Waals surface area contributed by atoms with Crippen LogP contribution in [0.4, 0.5) is 10.5 Å². The fourth-order valence-corrected chi connectivity index (χ4v) is 2.57. The van der Waals surface area contributed by atoms with Gasteiger partial charge in [-0.3, -0.25) is 24.1 Å². The number of hydrogen-bond acceptors (Lipinski definition) is 5. The molecule has 0 atom stereocenters. The average molecular weight is 360 g/mol. The number of urea groups is 1. The van der Waals surface area contributed by atoms with Crippen LogP contribution < -0.4 is 10.6 Å². The van der Waals surface area contributed by atoms with E-state index in [2.05, 4.69) is 0 Å². The van der Waals surface area contributed by atoms with Crippen LogP contribution in [0.1, 0.15) is 20.3 Å². The lowest BCUT2D eigenvalue weighted by Gasteiger charge is -2.24. The zero-order chi connectivity index (χ0) is 19.4. The Hall–Kier alpha value is -3.23. The molecule has 1 fully saturated rings. The number of amides is 6. The second-order valence-electron chi connectivity index (χ2n) is 6.04. The summed E-state index contributed by atoms with van der Waals surface area (Å²) in [6, 6.07) is 7.14. The third kappa shape index (κ3) is 3.88. The number of hydrogen-bond donors (Lipinski definition) is 1. The molecule has 1 aliphatic heterocycles. The lowest BCUT2D eigenvalue weighted by Crippen LogP contribution is -2.45. The Morgan fingerprint density at radius 1 is 1.08 bits per heavy atom. The fraction of sp³-hybridized carbons (Fsp3) is 0.353. The van der Waals surface area contributed by atoms with Crippen molar-refractivity contribution in [2.45, 2.75) is 26.3 Å². The average Bonchev–Trinajstić information content (AvgIpc) is 2.79. The number of anilines is 1. The van der Waals surface area contributed by atoms with E-state index in [1.165, 1.54) is 4.90 Å². The normalized spacial score (nSPS) is 14.3. The van der Waals surface area contributed by atoms with Crippen molar-refractivity contribution in [2.24, 2.45) is 5.73 Å². The molecule has 6 amide bonds. The van der Waals surface area contributed by atoms with E-state index in [1.54, 1.807) is 44.2 Å². The molecule has 0 unspecified atom stereocenters. The molecule has 1 heterocycles. The van der Waals surface area contributed by atoms with E-state index in [0.717, 1.165) is 4.90 Å². The highest BCUT2D eigenvalue weighted by atomic mass is 16.2. The summed E-state index contributed by atoms with van der Waals surface area (Å²) >= 11 is 0. The Bertz CT molecular complexity index is 747. The molecule has 0 bridgehead atoms. The van der Waals surface area contributed by atoms with Crippen molar-refractivity contribution < 1.29 is 24.0 Å². The quantitative estimate of drug-likeness (QED) is 0.546. The van der Waals surface area contributed by atoms with Crippen LogP contribution in [0.5, 0.6) is 0 Å². The van der Waals surface area contributed by atoms with Gasteiger partial charge in [0.05, 0.1) is 0 Å². The lowest BCUT2D eigenvalue weighted by molar-refractivity contribution is -0.144.